The molecule has 0 N–H and O–H groups in total. The SMILES string of the molecule is CC(C)Cc1ccnc(-c2[c-]ccc3c2oc2cnc(-c4ccccc4)cc23)c1.CC(C)c1cc(-c2[c-]cccc2)nc[c]1[Ge]([CH3])([CH3])[CH3].[Ir]. The van der Waals surface area contributed by atoms with Crippen LogP contribution < -0.4 is 4.40 Å². The maximum Gasteiger partial charge on any atom is 0 e. The van der Waals surface area contributed by atoms with Gasteiger partial charge in [-0.2, -0.15) is 0 Å². The number of pyridine rings is 3. The van der Waals surface area contributed by atoms with Gasteiger partial charge in [-0.3, -0.25) is 4.98 Å². The number of nitrogens with zero attached hydrogens (tertiary/aromatic N) is 3. The van der Waals surface area contributed by atoms with Crippen molar-refractivity contribution in [3.63, 3.8) is 0 Å². The van der Waals surface area contributed by atoms with Crippen LogP contribution in [0, 0.1) is 18.1 Å². The molecule has 251 valence electrons. The van der Waals surface area contributed by atoms with Crippen molar-refractivity contribution in [2.45, 2.75) is 57.3 Å². The molecule has 0 saturated heterocycles. The van der Waals surface area contributed by atoms with Gasteiger partial charge in [0.1, 0.15) is 5.58 Å². The van der Waals surface area contributed by atoms with Crippen LogP contribution in [0.5, 0.6) is 0 Å². The maximum absolute atomic E-state index is 6.22. The van der Waals surface area contributed by atoms with Crippen molar-refractivity contribution in [3.8, 4) is 33.8 Å². The summed E-state index contributed by atoms with van der Waals surface area (Å²) >= 11 is -1.85. The topological polar surface area (TPSA) is 51.8 Å². The van der Waals surface area contributed by atoms with Crippen molar-refractivity contribution in [2.24, 2.45) is 5.92 Å². The fourth-order valence-electron chi connectivity index (χ4n) is 6.09. The summed E-state index contributed by atoms with van der Waals surface area (Å²) in [7, 11) is 0. The minimum absolute atomic E-state index is 0. The van der Waals surface area contributed by atoms with Crippen molar-refractivity contribution >= 4 is 39.6 Å². The van der Waals surface area contributed by atoms with Gasteiger partial charge in [-0.1, -0.05) is 66.8 Å². The van der Waals surface area contributed by atoms with E-state index in [-0.39, 0.29) is 20.1 Å². The van der Waals surface area contributed by atoms with Crippen LogP contribution in [-0.2, 0) is 26.5 Å². The molecule has 6 heteroatoms. The third-order valence-corrected chi connectivity index (χ3v) is 12.7. The van der Waals surface area contributed by atoms with Crippen LogP contribution in [-0.4, -0.2) is 28.2 Å². The Morgan fingerprint density at radius 1 is 0.714 bits per heavy atom. The van der Waals surface area contributed by atoms with E-state index < -0.39 is 13.3 Å². The van der Waals surface area contributed by atoms with Crippen LogP contribution in [0.4, 0.5) is 0 Å². The zero-order valence-electron chi connectivity index (χ0n) is 29.3. The number of furan rings is 1. The fourth-order valence-corrected chi connectivity index (χ4v) is 9.61. The van der Waals surface area contributed by atoms with Gasteiger partial charge in [0.25, 0.3) is 0 Å². The van der Waals surface area contributed by atoms with Crippen LogP contribution >= 0.6 is 0 Å². The standard InChI is InChI=1S/C26H21N2O.C17H22GeN.Ir/c1-17(2)13-18-11-12-27-24(14-18)21-10-6-9-20-22-15-23(19-7-4-3-5-8-19)28-16-25(22)29-26(20)21;1-13(2)15-11-17(14-9-7-6-8-10-14)19-12-16(15)18(3,4)5;/h3-9,11-12,14-17H,13H2,1-2H3;6-9,11-13H,1-5H3;/q2*-1;. The molecule has 0 fully saturated rings. The van der Waals surface area contributed by atoms with Gasteiger partial charge in [0.15, 0.2) is 0 Å². The van der Waals surface area contributed by atoms with Gasteiger partial charge in [-0.05, 0) is 30.2 Å². The van der Waals surface area contributed by atoms with Crippen molar-refractivity contribution < 1.29 is 24.5 Å². The molecule has 0 bridgehead atoms. The molecule has 4 heterocycles. The second kappa shape index (κ2) is 15.8. The Balaban J connectivity index is 0.000000205. The van der Waals surface area contributed by atoms with Gasteiger partial charge in [-0.15, -0.1) is 18.2 Å². The molecule has 7 aromatic rings. The average molecular weight is 883 g/mol. The van der Waals surface area contributed by atoms with Crippen LogP contribution in [0.25, 0.3) is 55.7 Å². The summed E-state index contributed by atoms with van der Waals surface area (Å²) in [5, 5.41) is 2.12. The van der Waals surface area contributed by atoms with E-state index in [0.717, 1.165) is 62.1 Å². The number of aromatic nitrogens is 3. The predicted molar refractivity (Wildman–Crippen MR) is 203 cm³/mol. The molecule has 0 unspecified atom stereocenters. The smallest absolute Gasteiger partial charge is 0 e. The van der Waals surface area contributed by atoms with Crippen molar-refractivity contribution in [1.82, 2.24) is 15.0 Å². The van der Waals surface area contributed by atoms with E-state index in [1.54, 1.807) is 0 Å². The average Bonchev–Trinajstić information content (AvgIpc) is 3.47. The maximum atomic E-state index is 6.22. The molecule has 0 saturated carbocycles. The molecule has 49 heavy (non-hydrogen) atoms. The van der Waals surface area contributed by atoms with Gasteiger partial charge in [-0.25, -0.2) is 0 Å². The van der Waals surface area contributed by atoms with Gasteiger partial charge in [0.2, 0.25) is 0 Å². The molecule has 1 radical (unpaired) electrons. The second-order valence-electron chi connectivity index (χ2n) is 14.1. The van der Waals surface area contributed by atoms with Gasteiger partial charge < -0.3 is 9.40 Å². The Bertz CT molecular complexity index is 2150. The van der Waals surface area contributed by atoms with E-state index in [4.69, 9.17) is 4.42 Å². The molecule has 0 atom stereocenters. The Morgan fingerprint density at radius 2 is 1.47 bits per heavy atom. The Kier molecular flexibility index (Phi) is 11.7. The number of hydrogen-bond donors (Lipinski definition) is 0. The molecule has 0 aliphatic heterocycles. The summed E-state index contributed by atoms with van der Waals surface area (Å²) in [4.78, 5) is 13.9. The van der Waals surface area contributed by atoms with Crippen molar-refractivity contribution in [2.75, 3.05) is 0 Å². The number of hydrogen-bond acceptors (Lipinski definition) is 4. The number of fused-ring (bicyclic) bond motifs is 3. The summed E-state index contributed by atoms with van der Waals surface area (Å²) in [6, 6.07) is 37.4. The quantitative estimate of drug-likeness (QED) is 0.118. The van der Waals surface area contributed by atoms with Gasteiger partial charge in [0, 0.05) is 37.3 Å². The fraction of sp³-hybridized carbons (Fsp3) is 0.233. The molecular weight excluding hydrogens is 839 g/mol. The third kappa shape index (κ3) is 8.46. The van der Waals surface area contributed by atoms with Crippen molar-refractivity contribution in [1.29, 1.82) is 0 Å². The number of benzene rings is 3. The summed E-state index contributed by atoms with van der Waals surface area (Å²) in [5.41, 5.74) is 10.3. The van der Waals surface area contributed by atoms with E-state index in [1.165, 1.54) is 15.5 Å². The molecule has 4 aromatic heterocycles. The van der Waals surface area contributed by atoms with Gasteiger partial charge in [0.05, 0.1) is 17.5 Å². The first kappa shape index (κ1) is 36.4. The zero-order chi connectivity index (χ0) is 33.8. The zero-order valence-corrected chi connectivity index (χ0v) is 33.8. The van der Waals surface area contributed by atoms with Crippen LogP contribution in [0.2, 0.25) is 17.3 Å². The van der Waals surface area contributed by atoms with Crippen molar-refractivity contribution in [3.05, 3.63) is 133 Å². The Morgan fingerprint density at radius 3 is 2.16 bits per heavy atom. The summed E-state index contributed by atoms with van der Waals surface area (Å²) < 4.78 is 7.74. The van der Waals surface area contributed by atoms with Crippen LogP contribution in [0.1, 0.15) is 44.7 Å². The molecule has 0 amide bonds. The van der Waals surface area contributed by atoms with E-state index in [9.17, 15) is 0 Å². The number of rotatable bonds is 7. The van der Waals surface area contributed by atoms with Gasteiger partial charge >= 0.3 is 119 Å². The minimum atomic E-state index is -1.85. The molecular formula is C43H43GeIrN3O-2. The molecule has 7 rings (SSSR count). The van der Waals surface area contributed by atoms with E-state index >= 15 is 0 Å². The molecule has 0 aliphatic carbocycles. The van der Waals surface area contributed by atoms with Crippen LogP contribution in [0.15, 0.2) is 114 Å². The van der Waals surface area contributed by atoms with E-state index in [1.807, 2.05) is 54.9 Å². The molecule has 4 nitrogen and oxygen atoms in total. The summed E-state index contributed by atoms with van der Waals surface area (Å²) in [6.45, 7) is 8.99. The summed E-state index contributed by atoms with van der Waals surface area (Å²) in [6.07, 6.45) is 6.82. The molecule has 0 spiro atoms. The van der Waals surface area contributed by atoms with Crippen LogP contribution in [0.3, 0.4) is 0 Å². The first-order valence-electron chi connectivity index (χ1n) is 16.8. The van der Waals surface area contributed by atoms with E-state index in [0.29, 0.717) is 11.8 Å². The predicted octanol–water partition coefficient (Wildman–Crippen LogP) is 10.9. The Labute approximate surface area is 307 Å². The largest absolute Gasteiger partial charge is 0 e. The Hall–Kier alpha value is -3.90. The molecule has 0 aliphatic rings. The monoisotopic (exact) mass is 884 g/mol. The first-order chi connectivity index (χ1) is 23.1. The first-order valence-corrected chi connectivity index (χ1v) is 24.1. The van der Waals surface area contributed by atoms with E-state index in [2.05, 4.69) is 127 Å². The summed E-state index contributed by atoms with van der Waals surface area (Å²) in [5.74, 6) is 8.43. The second-order valence-corrected chi connectivity index (χ2v) is 24.7. The molecule has 3 aromatic carbocycles. The normalized spacial score (nSPS) is 11.4. The minimum Gasteiger partial charge on any atom is 0 e. The third-order valence-electron chi connectivity index (χ3n) is 8.46.